The van der Waals surface area contributed by atoms with E-state index in [4.69, 9.17) is 11.6 Å². The van der Waals surface area contributed by atoms with E-state index in [2.05, 4.69) is 29.4 Å². The van der Waals surface area contributed by atoms with Crippen LogP contribution in [0.5, 0.6) is 0 Å². The Balaban J connectivity index is 1.52. The Labute approximate surface area is 161 Å². The highest BCUT2D eigenvalue weighted by Gasteiger charge is 2.25. The number of amides is 1. The van der Waals surface area contributed by atoms with Gasteiger partial charge in [-0.05, 0) is 36.5 Å². The summed E-state index contributed by atoms with van der Waals surface area (Å²) in [6, 6.07) is 7.45. The molecule has 0 saturated carbocycles. The van der Waals surface area contributed by atoms with Gasteiger partial charge in [0.1, 0.15) is 0 Å². The second-order valence-corrected chi connectivity index (χ2v) is 9.18. The smallest absolute Gasteiger partial charge is 0.233 e. The van der Waals surface area contributed by atoms with Gasteiger partial charge in [-0.15, -0.1) is 10.2 Å². The minimum Gasteiger partial charge on any atom is -0.341 e. The number of nitrogens with one attached hydrogen (secondary N) is 1. The molecule has 2 aromatic rings. The SMILES string of the molecule is C[C@@H]1C[C@@H](C)CN(C(=O)CSc2nnc(Nc3cccc(Cl)c3)s2)C1. The third-order valence-corrected chi connectivity index (χ3v) is 6.21. The molecule has 0 aliphatic carbocycles. The van der Waals surface area contributed by atoms with Gasteiger partial charge < -0.3 is 10.2 Å². The maximum absolute atomic E-state index is 12.4. The summed E-state index contributed by atoms with van der Waals surface area (Å²) < 4.78 is 0.788. The van der Waals surface area contributed by atoms with Gasteiger partial charge in [-0.25, -0.2) is 0 Å². The summed E-state index contributed by atoms with van der Waals surface area (Å²) in [6.07, 6.45) is 1.20. The first kappa shape index (κ1) is 18.5. The molecule has 2 atom stereocenters. The number of rotatable bonds is 5. The third kappa shape index (κ3) is 5.33. The summed E-state index contributed by atoms with van der Waals surface area (Å²) >= 11 is 8.86. The molecule has 0 unspecified atom stereocenters. The molecule has 1 amide bonds. The lowest BCUT2D eigenvalue weighted by atomic mass is 9.92. The van der Waals surface area contributed by atoms with E-state index < -0.39 is 0 Å². The van der Waals surface area contributed by atoms with Crippen LogP contribution in [0, 0.1) is 11.8 Å². The van der Waals surface area contributed by atoms with Crippen molar-refractivity contribution in [3.63, 3.8) is 0 Å². The second kappa shape index (κ2) is 8.38. The lowest BCUT2D eigenvalue weighted by molar-refractivity contribution is -0.130. The van der Waals surface area contributed by atoms with Crippen molar-refractivity contribution in [2.24, 2.45) is 11.8 Å². The molecule has 8 heteroatoms. The van der Waals surface area contributed by atoms with Crippen LogP contribution < -0.4 is 5.32 Å². The van der Waals surface area contributed by atoms with Crippen LogP contribution in [-0.4, -0.2) is 39.8 Å². The second-order valence-electron chi connectivity index (χ2n) is 6.54. The van der Waals surface area contributed by atoms with Crippen LogP contribution in [0.15, 0.2) is 28.6 Å². The predicted molar refractivity (Wildman–Crippen MR) is 105 cm³/mol. The number of hydrogen-bond donors (Lipinski definition) is 1. The van der Waals surface area contributed by atoms with E-state index in [1.807, 2.05) is 29.2 Å². The minimum absolute atomic E-state index is 0.183. The fourth-order valence-corrected chi connectivity index (χ4v) is 4.95. The summed E-state index contributed by atoms with van der Waals surface area (Å²) in [5.74, 6) is 1.74. The molecule has 134 valence electrons. The van der Waals surface area contributed by atoms with Gasteiger partial charge in [0.25, 0.3) is 0 Å². The molecule has 1 aromatic heterocycles. The van der Waals surface area contributed by atoms with Crippen LogP contribution in [0.2, 0.25) is 5.02 Å². The van der Waals surface area contributed by atoms with Crippen molar-refractivity contribution < 1.29 is 4.79 Å². The van der Waals surface area contributed by atoms with E-state index in [0.717, 1.165) is 23.1 Å². The zero-order valence-corrected chi connectivity index (χ0v) is 16.6. The average Bonchev–Trinajstić information content (AvgIpc) is 2.99. The highest BCUT2D eigenvalue weighted by atomic mass is 35.5. The Morgan fingerprint density at radius 3 is 2.84 bits per heavy atom. The number of piperidine rings is 1. The van der Waals surface area contributed by atoms with Gasteiger partial charge in [0.15, 0.2) is 4.34 Å². The van der Waals surface area contributed by atoms with Crippen molar-refractivity contribution in [1.29, 1.82) is 0 Å². The number of halogens is 1. The van der Waals surface area contributed by atoms with E-state index in [9.17, 15) is 4.79 Å². The van der Waals surface area contributed by atoms with Gasteiger partial charge in [0.2, 0.25) is 11.0 Å². The van der Waals surface area contributed by atoms with E-state index in [1.54, 1.807) is 0 Å². The van der Waals surface area contributed by atoms with E-state index in [-0.39, 0.29) is 5.91 Å². The molecule has 0 bridgehead atoms. The summed E-state index contributed by atoms with van der Waals surface area (Å²) in [6.45, 7) is 6.14. The Morgan fingerprint density at radius 1 is 1.36 bits per heavy atom. The van der Waals surface area contributed by atoms with Crippen LogP contribution >= 0.6 is 34.7 Å². The van der Waals surface area contributed by atoms with Crippen LogP contribution in [0.4, 0.5) is 10.8 Å². The maximum atomic E-state index is 12.4. The molecule has 1 saturated heterocycles. The zero-order chi connectivity index (χ0) is 17.8. The molecule has 1 aromatic carbocycles. The molecule has 2 heterocycles. The quantitative estimate of drug-likeness (QED) is 0.752. The average molecular weight is 397 g/mol. The Bertz CT molecular complexity index is 729. The fraction of sp³-hybridized carbons (Fsp3) is 0.471. The fourth-order valence-electron chi connectivity index (χ4n) is 3.09. The molecule has 1 aliphatic rings. The lowest BCUT2D eigenvalue weighted by Crippen LogP contribution is -2.43. The molecular weight excluding hydrogens is 376 g/mol. The molecule has 1 aliphatic heterocycles. The standard InChI is InChI=1S/C17H21ClN4OS2/c1-11-6-12(2)9-22(8-11)15(23)10-24-17-21-20-16(25-17)19-14-5-3-4-13(18)7-14/h3-5,7,11-12H,6,8-10H2,1-2H3,(H,19,20)/t11-,12-/m1/s1. The van der Waals surface area contributed by atoms with Gasteiger partial charge in [-0.3, -0.25) is 4.79 Å². The number of benzene rings is 1. The Morgan fingerprint density at radius 2 is 2.12 bits per heavy atom. The van der Waals surface area contributed by atoms with E-state index >= 15 is 0 Å². The predicted octanol–water partition coefficient (Wildman–Crippen LogP) is 4.53. The largest absolute Gasteiger partial charge is 0.341 e. The molecule has 1 fully saturated rings. The maximum Gasteiger partial charge on any atom is 0.233 e. The van der Waals surface area contributed by atoms with E-state index in [0.29, 0.717) is 27.7 Å². The molecule has 5 nitrogen and oxygen atoms in total. The normalized spacial score (nSPS) is 20.5. The Kier molecular flexibility index (Phi) is 6.19. The van der Waals surface area contributed by atoms with Crippen LogP contribution in [0.1, 0.15) is 20.3 Å². The third-order valence-electron chi connectivity index (χ3n) is 4.02. The Hall–Kier alpha value is -1.31. The summed E-state index contributed by atoms with van der Waals surface area (Å²) in [5.41, 5.74) is 0.868. The molecular formula is C17H21ClN4OS2. The van der Waals surface area contributed by atoms with Crippen molar-refractivity contribution in [2.75, 3.05) is 24.2 Å². The van der Waals surface area contributed by atoms with Crippen molar-refractivity contribution in [3.8, 4) is 0 Å². The van der Waals surface area contributed by atoms with Gasteiger partial charge >= 0.3 is 0 Å². The molecule has 3 rings (SSSR count). The highest BCUT2D eigenvalue weighted by molar-refractivity contribution is 8.01. The number of aromatic nitrogens is 2. The number of thioether (sulfide) groups is 1. The molecule has 1 N–H and O–H groups in total. The van der Waals surface area contributed by atoms with Crippen molar-refractivity contribution >= 4 is 51.4 Å². The number of nitrogens with zero attached hydrogens (tertiary/aromatic N) is 3. The number of carbonyl (C=O) groups excluding carboxylic acids is 1. The van der Waals surface area contributed by atoms with Crippen LogP contribution in [-0.2, 0) is 4.79 Å². The monoisotopic (exact) mass is 396 g/mol. The van der Waals surface area contributed by atoms with E-state index in [1.165, 1.54) is 29.5 Å². The van der Waals surface area contributed by atoms with Gasteiger partial charge in [-0.1, -0.05) is 54.6 Å². The zero-order valence-electron chi connectivity index (χ0n) is 14.2. The van der Waals surface area contributed by atoms with Gasteiger partial charge in [-0.2, -0.15) is 0 Å². The first-order valence-corrected chi connectivity index (χ1v) is 10.4. The first-order chi connectivity index (χ1) is 12.0. The first-order valence-electron chi connectivity index (χ1n) is 8.26. The minimum atomic E-state index is 0.183. The number of likely N-dealkylation sites (tertiary alicyclic amines) is 1. The topological polar surface area (TPSA) is 58.1 Å². The summed E-state index contributed by atoms with van der Waals surface area (Å²) in [7, 11) is 0. The van der Waals surface area contributed by atoms with Crippen LogP contribution in [0.3, 0.4) is 0 Å². The number of carbonyl (C=O) groups is 1. The van der Waals surface area contributed by atoms with Gasteiger partial charge in [0.05, 0.1) is 5.75 Å². The van der Waals surface area contributed by atoms with Crippen molar-refractivity contribution in [3.05, 3.63) is 29.3 Å². The van der Waals surface area contributed by atoms with Crippen molar-refractivity contribution in [1.82, 2.24) is 15.1 Å². The summed E-state index contributed by atoms with van der Waals surface area (Å²) in [4.78, 5) is 14.4. The molecule has 0 spiro atoms. The lowest BCUT2D eigenvalue weighted by Gasteiger charge is -2.34. The number of hydrogen-bond acceptors (Lipinski definition) is 6. The van der Waals surface area contributed by atoms with Crippen molar-refractivity contribution in [2.45, 2.75) is 24.6 Å². The van der Waals surface area contributed by atoms with Crippen LogP contribution in [0.25, 0.3) is 0 Å². The number of anilines is 2. The summed E-state index contributed by atoms with van der Waals surface area (Å²) in [5, 5.41) is 12.8. The highest BCUT2D eigenvalue weighted by Crippen LogP contribution is 2.29. The van der Waals surface area contributed by atoms with Gasteiger partial charge in [0, 0.05) is 23.8 Å². The molecule has 0 radical (unpaired) electrons. The molecule has 25 heavy (non-hydrogen) atoms.